The first kappa shape index (κ1) is 15.9. The zero-order valence-electron chi connectivity index (χ0n) is 10.7. The molecular weight excluding hydrogens is 291 g/mol. The minimum atomic E-state index is -0.943. The Bertz CT molecular complexity index is 486. The third-order valence-electron chi connectivity index (χ3n) is 2.74. The van der Waals surface area contributed by atoms with Crippen molar-refractivity contribution < 1.29 is 14.7 Å². The van der Waals surface area contributed by atoms with Gasteiger partial charge in [0.1, 0.15) is 10.8 Å². The van der Waals surface area contributed by atoms with E-state index in [1.54, 1.807) is 7.05 Å². The Kier molecular flexibility index (Phi) is 5.69. The third kappa shape index (κ3) is 4.14. The largest absolute Gasteiger partial charge is 0.481 e. The monoisotopic (exact) mass is 306 g/mol. The fourth-order valence-electron chi connectivity index (χ4n) is 1.80. The molecule has 1 amide bonds. The number of amides is 1. The number of rotatable bonds is 6. The molecule has 0 aliphatic carbocycles. The molecular formula is C12H16Cl2N2O3. The molecule has 5 nitrogen and oxygen atoms in total. The van der Waals surface area contributed by atoms with Crippen molar-refractivity contribution in [2.75, 3.05) is 0 Å². The molecule has 0 aliphatic rings. The van der Waals surface area contributed by atoms with E-state index in [1.165, 1.54) is 10.6 Å². The summed E-state index contributed by atoms with van der Waals surface area (Å²) in [4.78, 5) is 22.8. The van der Waals surface area contributed by atoms with E-state index in [9.17, 15) is 9.59 Å². The highest BCUT2D eigenvalue weighted by Crippen LogP contribution is 2.25. The van der Waals surface area contributed by atoms with Gasteiger partial charge in [-0.05, 0) is 12.5 Å². The van der Waals surface area contributed by atoms with Crippen molar-refractivity contribution in [2.45, 2.75) is 32.2 Å². The first-order chi connectivity index (χ1) is 8.86. The molecule has 7 heteroatoms. The highest BCUT2D eigenvalue weighted by atomic mass is 35.5. The van der Waals surface area contributed by atoms with Gasteiger partial charge in [-0.2, -0.15) is 0 Å². The van der Waals surface area contributed by atoms with E-state index in [-0.39, 0.29) is 17.5 Å². The maximum Gasteiger partial charge on any atom is 0.305 e. The van der Waals surface area contributed by atoms with Crippen LogP contribution in [0.5, 0.6) is 0 Å². The van der Waals surface area contributed by atoms with Crippen LogP contribution in [0.3, 0.4) is 0 Å². The molecule has 106 valence electrons. The minimum Gasteiger partial charge on any atom is -0.481 e. The Hall–Kier alpha value is -1.20. The number of hydrogen-bond acceptors (Lipinski definition) is 2. The first-order valence-electron chi connectivity index (χ1n) is 5.90. The molecule has 0 saturated carbocycles. The normalized spacial score (nSPS) is 12.2. The molecule has 1 aromatic heterocycles. The molecule has 1 aromatic rings. The first-order valence-corrected chi connectivity index (χ1v) is 6.65. The van der Waals surface area contributed by atoms with Gasteiger partial charge in [0, 0.05) is 13.1 Å². The number of hydrogen-bond donors (Lipinski definition) is 2. The van der Waals surface area contributed by atoms with E-state index in [1.807, 2.05) is 6.92 Å². The van der Waals surface area contributed by atoms with Crippen molar-refractivity contribution in [3.05, 3.63) is 21.9 Å². The zero-order valence-corrected chi connectivity index (χ0v) is 12.3. The zero-order chi connectivity index (χ0) is 14.6. The van der Waals surface area contributed by atoms with Gasteiger partial charge < -0.3 is 15.0 Å². The van der Waals surface area contributed by atoms with Crippen LogP contribution in [0, 0.1) is 0 Å². The van der Waals surface area contributed by atoms with Gasteiger partial charge in [0.15, 0.2) is 0 Å². The topological polar surface area (TPSA) is 71.3 Å². The second-order valence-corrected chi connectivity index (χ2v) is 5.05. The van der Waals surface area contributed by atoms with Crippen LogP contribution in [0.25, 0.3) is 0 Å². The number of carboxylic acids is 1. The summed E-state index contributed by atoms with van der Waals surface area (Å²) in [5.41, 5.74) is 0.307. The summed E-state index contributed by atoms with van der Waals surface area (Å²) in [7, 11) is 1.62. The lowest BCUT2D eigenvalue weighted by Crippen LogP contribution is -2.37. The summed E-state index contributed by atoms with van der Waals surface area (Å²) < 4.78 is 1.46. The lowest BCUT2D eigenvalue weighted by molar-refractivity contribution is -0.137. The number of nitrogens with one attached hydrogen (secondary N) is 1. The van der Waals surface area contributed by atoms with Gasteiger partial charge in [-0.15, -0.1) is 0 Å². The fraction of sp³-hybridized carbons (Fsp3) is 0.500. The van der Waals surface area contributed by atoms with Crippen LogP contribution >= 0.6 is 23.2 Å². The molecule has 0 saturated heterocycles. The number of aromatic nitrogens is 1. The molecule has 0 radical (unpaired) electrons. The van der Waals surface area contributed by atoms with E-state index in [2.05, 4.69) is 5.32 Å². The van der Waals surface area contributed by atoms with Crippen LogP contribution in [0.1, 0.15) is 36.7 Å². The van der Waals surface area contributed by atoms with Crippen molar-refractivity contribution in [1.29, 1.82) is 0 Å². The Labute approximate surface area is 121 Å². The molecule has 0 bridgehead atoms. The molecule has 2 N–H and O–H groups in total. The van der Waals surface area contributed by atoms with Crippen LogP contribution in [-0.2, 0) is 11.8 Å². The predicted octanol–water partition coefficient (Wildman–Crippen LogP) is 2.71. The second kappa shape index (κ2) is 6.82. The Morgan fingerprint density at radius 2 is 2.11 bits per heavy atom. The van der Waals surface area contributed by atoms with Gasteiger partial charge in [0.25, 0.3) is 5.91 Å². The summed E-state index contributed by atoms with van der Waals surface area (Å²) in [5.74, 6) is -1.32. The molecule has 1 unspecified atom stereocenters. The summed E-state index contributed by atoms with van der Waals surface area (Å²) in [5, 5.41) is 12.1. The number of aliphatic carboxylic acids is 1. The summed E-state index contributed by atoms with van der Waals surface area (Å²) in [6.45, 7) is 1.93. The van der Waals surface area contributed by atoms with Crippen LogP contribution < -0.4 is 5.32 Å². The highest BCUT2D eigenvalue weighted by molar-refractivity contribution is 6.41. The van der Waals surface area contributed by atoms with Crippen molar-refractivity contribution in [1.82, 2.24) is 9.88 Å². The number of halogens is 2. The van der Waals surface area contributed by atoms with Crippen LogP contribution in [-0.4, -0.2) is 27.6 Å². The van der Waals surface area contributed by atoms with Gasteiger partial charge in [-0.25, -0.2) is 0 Å². The molecule has 1 rings (SSSR count). The Balaban J connectivity index is 2.81. The van der Waals surface area contributed by atoms with E-state index >= 15 is 0 Å². The van der Waals surface area contributed by atoms with Gasteiger partial charge in [0.05, 0.1) is 11.4 Å². The van der Waals surface area contributed by atoms with Gasteiger partial charge >= 0.3 is 5.97 Å². The second-order valence-electron chi connectivity index (χ2n) is 4.28. The van der Waals surface area contributed by atoms with Crippen molar-refractivity contribution >= 4 is 35.1 Å². The highest BCUT2D eigenvalue weighted by Gasteiger charge is 2.20. The SMILES string of the molecule is CCCC(CC(=O)O)NC(=O)c1cc(Cl)c(Cl)n1C. The average molecular weight is 307 g/mol. The van der Waals surface area contributed by atoms with Crippen molar-refractivity contribution in [3.63, 3.8) is 0 Å². The number of carbonyl (C=O) groups is 2. The van der Waals surface area contributed by atoms with Gasteiger partial charge in [-0.1, -0.05) is 36.5 Å². The maximum atomic E-state index is 12.1. The number of nitrogens with zero attached hydrogens (tertiary/aromatic N) is 1. The molecule has 0 spiro atoms. The average Bonchev–Trinajstić information content (AvgIpc) is 2.56. The predicted molar refractivity (Wildman–Crippen MR) is 73.8 cm³/mol. The quantitative estimate of drug-likeness (QED) is 0.849. The molecule has 0 aromatic carbocycles. The van der Waals surface area contributed by atoms with Gasteiger partial charge in [0.2, 0.25) is 0 Å². The van der Waals surface area contributed by atoms with E-state index in [4.69, 9.17) is 28.3 Å². The summed E-state index contributed by atoms with van der Waals surface area (Å²) >= 11 is 11.7. The number of carboxylic acid groups (broad SMARTS) is 1. The standard InChI is InChI=1S/C12H16Cl2N2O3/c1-3-4-7(5-10(17)18)15-12(19)9-6-8(13)11(14)16(9)2/h6-7H,3-5H2,1-2H3,(H,15,19)(H,17,18). The van der Waals surface area contributed by atoms with Crippen molar-refractivity contribution in [2.24, 2.45) is 7.05 Å². The minimum absolute atomic E-state index is 0.106. The molecule has 1 heterocycles. The van der Waals surface area contributed by atoms with E-state index < -0.39 is 12.0 Å². The smallest absolute Gasteiger partial charge is 0.305 e. The summed E-state index contributed by atoms with van der Waals surface area (Å²) in [6.07, 6.45) is 1.28. The third-order valence-corrected chi connectivity index (χ3v) is 3.58. The molecule has 1 atom stereocenters. The van der Waals surface area contributed by atoms with Crippen LogP contribution in [0.15, 0.2) is 6.07 Å². The fourth-order valence-corrected chi connectivity index (χ4v) is 2.18. The van der Waals surface area contributed by atoms with Crippen LogP contribution in [0.4, 0.5) is 0 Å². The van der Waals surface area contributed by atoms with Gasteiger partial charge in [-0.3, -0.25) is 9.59 Å². The molecule has 0 fully saturated rings. The Morgan fingerprint density at radius 3 is 2.53 bits per heavy atom. The van der Waals surface area contributed by atoms with Crippen molar-refractivity contribution in [3.8, 4) is 0 Å². The molecule has 0 aliphatic heterocycles. The lowest BCUT2D eigenvalue weighted by atomic mass is 10.1. The van der Waals surface area contributed by atoms with Crippen LogP contribution in [0.2, 0.25) is 10.2 Å². The van der Waals surface area contributed by atoms with E-state index in [0.717, 1.165) is 6.42 Å². The van der Waals surface area contributed by atoms with E-state index in [0.29, 0.717) is 17.1 Å². The molecule has 19 heavy (non-hydrogen) atoms. The summed E-state index contributed by atoms with van der Waals surface area (Å²) in [6, 6.07) is 1.06. The number of carbonyl (C=O) groups excluding carboxylic acids is 1. The lowest BCUT2D eigenvalue weighted by Gasteiger charge is -2.16. The Morgan fingerprint density at radius 1 is 1.47 bits per heavy atom. The maximum absolute atomic E-state index is 12.1.